The van der Waals surface area contributed by atoms with Crippen LogP contribution in [0.5, 0.6) is 0 Å². The van der Waals surface area contributed by atoms with Gasteiger partial charge in [-0.1, -0.05) is 23.2 Å². The van der Waals surface area contributed by atoms with Crippen molar-refractivity contribution in [2.24, 2.45) is 0 Å². The number of benzene rings is 1. The highest BCUT2D eigenvalue weighted by Crippen LogP contribution is 2.30. The Hall–Kier alpha value is -0.750. The summed E-state index contributed by atoms with van der Waals surface area (Å²) in [4.78, 5) is 0. The predicted octanol–water partition coefficient (Wildman–Crippen LogP) is 2.51. The van der Waals surface area contributed by atoms with Crippen molar-refractivity contribution >= 4 is 51.9 Å². The van der Waals surface area contributed by atoms with Gasteiger partial charge in [0.1, 0.15) is 0 Å². The van der Waals surface area contributed by atoms with E-state index in [0.717, 1.165) is 0 Å². The van der Waals surface area contributed by atoms with Gasteiger partial charge in [0.25, 0.3) is 0 Å². The number of methoxy groups -OCH3 is 1. The molecule has 4 nitrogen and oxygen atoms in total. The Bertz CT molecular complexity index is 392. The summed E-state index contributed by atoms with van der Waals surface area (Å²) in [7, 11) is 1.62. The highest BCUT2D eigenvalue weighted by molar-refractivity contribution is 7.80. The second-order valence-corrected chi connectivity index (χ2v) is 4.45. The molecule has 7 heteroatoms. The third-order valence-electron chi connectivity index (χ3n) is 1.93. The van der Waals surface area contributed by atoms with Crippen molar-refractivity contribution in [2.75, 3.05) is 31.3 Å². The van der Waals surface area contributed by atoms with E-state index in [1.165, 1.54) is 0 Å². The number of nitrogens with two attached hydrogens (primary N) is 1. The van der Waals surface area contributed by atoms with Gasteiger partial charge in [-0.15, -0.1) is 0 Å². The van der Waals surface area contributed by atoms with Gasteiger partial charge in [-0.25, -0.2) is 0 Å². The zero-order chi connectivity index (χ0) is 12.8. The molecular formula is C10H13Cl2N3OS. The molecule has 0 heterocycles. The van der Waals surface area contributed by atoms with Gasteiger partial charge >= 0.3 is 0 Å². The van der Waals surface area contributed by atoms with Crippen LogP contribution in [0.25, 0.3) is 0 Å². The Morgan fingerprint density at radius 2 is 2.00 bits per heavy atom. The normalized spacial score (nSPS) is 10.1. The Balaban J connectivity index is 2.60. The molecule has 0 bridgehead atoms. The maximum Gasteiger partial charge on any atom is 0.170 e. The predicted molar refractivity (Wildman–Crippen MR) is 77.0 cm³/mol. The SMILES string of the molecule is COCCNC(=S)Nc1cc(Cl)c(N)c(Cl)c1. The van der Waals surface area contributed by atoms with Gasteiger partial charge in [-0.05, 0) is 24.4 Å². The average Bonchev–Trinajstić information content (AvgIpc) is 2.26. The largest absolute Gasteiger partial charge is 0.396 e. The molecule has 17 heavy (non-hydrogen) atoms. The minimum atomic E-state index is 0.358. The first-order valence-corrected chi connectivity index (χ1v) is 5.99. The van der Waals surface area contributed by atoms with Crippen molar-refractivity contribution in [3.05, 3.63) is 22.2 Å². The number of nitrogens with one attached hydrogen (secondary N) is 2. The van der Waals surface area contributed by atoms with Gasteiger partial charge in [-0.3, -0.25) is 0 Å². The van der Waals surface area contributed by atoms with E-state index in [0.29, 0.717) is 39.7 Å². The molecule has 0 radical (unpaired) electrons. The minimum Gasteiger partial charge on any atom is -0.396 e. The van der Waals surface area contributed by atoms with Crippen LogP contribution in [0, 0.1) is 0 Å². The lowest BCUT2D eigenvalue weighted by Gasteiger charge is -2.11. The minimum absolute atomic E-state index is 0.358. The molecule has 94 valence electrons. The summed E-state index contributed by atoms with van der Waals surface area (Å²) in [6, 6.07) is 3.32. The van der Waals surface area contributed by atoms with Gasteiger partial charge < -0.3 is 21.1 Å². The number of ether oxygens (including phenoxy) is 1. The first kappa shape index (κ1) is 14.3. The van der Waals surface area contributed by atoms with Gasteiger partial charge in [0.15, 0.2) is 5.11 Å². The van der Waals surface area contributed by atoms with Crippen molar-refractivity contribution in [3.63, 3.8) is 0 Å². The fourth-order valence-corrected chi connectivity index (χ4v) is 1.81. The molecule has 0 aliphatic carbocycles. The Morgan fingerprint density at radius 1 is 1.41 bits per heavy atom. The summed E-state index contributed by atoms with van der Waals surface area (Å²) >= 11 is 16.9. The molecule has 1 aromatic rings. The first-order chi connectivity index (χ1) is 8.04. The van der Waals surface area contributed by atoms with Crippen LogP contribution in [0.1, 0.15) is 0 Å². The molecule has 0 spiro atoms. The molecule has 1 rings (SSSR count). The van der Waals surface area contributed by atoms with E-state index in [4.69, 9.17) is 45.9 Å². The number of hydrogen-bond donors (Lipinski definition) is 3. The number of rotatable bonds is 4. The summed E-state index contributed by atoms with van der Waals surface area (Å²) in [5.74, 6) is 0. The number of thiocarbonyl (C=S) groups is 1. The molecule has 0 aromatic heterocycles. The summed E-state index contributed by atoms with van der Waals surface area (Å²) in [5, 5.41) is 7.16. The van der Waals surface area contributed by atoms with Crippen molar-refractivity contribution < 1.29 is 4.74 Å². The zero-order valence-corrected chi connectivity index (χ0v) is 11.5. The lowest BCUT2D eigenvalue weighted by Crippen LogP contribution is -2.31. The molecule has 0 unspecified atom stereocenters. The second-order valence-electron chi connectivity index (χ2n) is 3.23. The molecule has 0 atom stereocenters. The monoisotopic (exact) mass is 293 g/mol. The van der Waals surface area contributed by atoms with E-state index in [-0.39, 0.29) is 0 Å². The van der Waals surface area contributed by atoms with Gasteiger partial charge in [-0.2, -0.15) is 0 Å². The summed E-state index contributed by atoms with van der Waals surface area (Å²) < 4.78 is 4.89. The molecule has 0 aliphatic heterocycles. The van der Waals surface area contributed by atoms with E-state index in [1.54, 1.807) is 19.2 Å². The molecular weight excluding hydrogens is 281 g/mol. The standard InChI is InChI=1S/C10H13Cl2N3OS/c1-16-3-2-14-10(17)15-6-4-7(11)9(13)8(12)5-6/h4-5H,2-3,13H2,1H3,(H2,14,15,17). The molecule has 0 amide bonds. The second kappa shape index (κ2) is 6.86. The molecule has 4 N–H and O–H groups in total. The highest BCUT2D eigenvalue weighted by atomic mass is 35.5. The summed E-state index contributed by atoms with van der Waals surface area (Å²) in [6.45, 7) is 1.20. The van der Waals surface area contributed by atoms with Crippen molar-refractivity contribution in [1.29, 1.82) is 0 Å². The van der Waals surface area contributed by atoms with E-state index in [9.17, 15) is 0 Å². The van der Waals surface area contributed by atoms with Crippen LogP contribution < -0.4 is 16.4 Å². The fraction of sp³-hybridized carbons (Fsp3) is 0.300. The molecule has 1 aromatic carbocycles. The number of halogens is 2. The van der Waals surface area contributed by atoms with E-state index in [1.807, 2.05) is 0 Å². The zero-order valence-electron chi connectivity index (χ0n) is 9.22. The van der Waals surface area contributed by atoms with Crippen LogP contribution in [0.15, 0.2) is 12.1 Å². The Morgan fingerprint density at radius 3 is 2.53 bits per heavy atom. The summed E-state index contributed by atoms with van der Waals surface area (Å²) in [5.41, 5.74) is 6.67. The highest BCUT2D eigenvalue weighted by Gasteiger charge is 2.05. The van der Waals surface area contributed by atoms with E-state index < -0.39 is 0 Å². The molecule has 0 saturated carbocycles. The Labute approximate surface area is 115 Å². The average molecular weight is 294 g/mol. The van der Waals surface area contributed by atoms with Crippen LogP contribution in [0.2, 0.25) is 10.0 Å². The lowest BCUT2D eigenvalue weighted by atomic mass is 10.3. The quantitative estimate of drug-likeness (QED) is 0.452. The smallest absolute Gasteiger partial charge is 0.170 e. The lowest BCUT2D eigenvalue weighted by molar-refractivity contribution is 0.204. The van der Waals surface area contributed by atoms with Crippen molar-refractivity contribution in [3.8, 4) is 0 Å². The Kier molecular flexibility index (Phi) is 5.77. The summed E-state index contributed by atoms with van der Waals surface area (Å²) in [6.07, 6.45) is 0. The van der Waals surface area contributed by atoms with Crippen LogP contribution in [-0.4, -0.2) is 25.4 Å². The molecule has 0 fully saturated rings. The topological polar surface area (TPSA) is 59.3 Å². The molecule has 0 aliphatic rings. The third kappa shape index (κ3) is 4.55. The van der Waals surface area contributed by atoms with Gasteiger partial charge in [0, 0.05) is 19.3 Å². The van der Waals surface area contributed by atoms with E-state index >= 15 is 0 Å². The third-order valence-corrected chi connectivity index (χ3v) is 2.80. The number of anilines is 2. The van der Waals surface area contributed by atoms with Gasteiger partial charge in [0.05, 0.1) is 22.3 Å². The fourth-order valence-electron chi connectivity index (χ4n) is 1.10. The number of hydrogen-bond acceptors (Lipinski definition) is 3. The van der Waals surface area contributed by atoms with Crippen LogP contribution >= 0.6 is 35.4 Å². The van der Waals surface area contributed by atoms with Crippen LogP contribution in [-0.2, 0) is 4.74 Å². The van der Waals surface area contributed by atoms with Crippen LogP contribution in [0.4, 0.5) is 11.4 Å². The van der Waals surface area contributed by atoms with E-state index in [2.05, 4.69) is 10.6 Å². The van der Waals surface area contributed by atoms with Crippen LogP contribution in [0.3, 0.4) is 0 Å². The number of nitrogen functional groups attached to an aromatic ring is 1. The maximum absolute atomic E-state index is 5.90. The van der Waals surface area contributed by atoms with Gasteiger partial charge in [0.2, 0.25) is 0 Å². The maximum atomic E-state index is 5.90. The van der Waals surface area contributed by atoms with Crippen molar-refractivity contribution in [1.82, 2.24) is 5.32 Å². The first-order valence-electron chi connectivity index (χ1n) is 4.83. The molecule has 0 saturated heterocycles. The van der Waals surface area contributed by atoms with Crippen molar-refractivity contribution in [2.45, 2.75) is 0 Å².